The fourth-order valence-corrected chi connectivity index (χ4v) is 3.62. The van der Waals surface area contributed by atoms with Crippen LogP contribution in [0.1, 0.15) is 16.1 Å². The van der Waals surface area contributed by atoms with Crippen molar-refractivity contribution in [3.8, 4) is 0 Å². The van der Waals surface area contributed by atoms with Crippen molar-refractivity contribution in [2.24, 2.45) is 0 Å². The Bertz CT molecular complexity index is 1150. The van der Waals surface area contributed by atoms with E-state index in [9.17, 15) is 26.4 Å². The zero-order valence-electron chi connectivity index (χ0n) is 15.2. The van der Waals surface area contributed by atoms with E-state index in [2.05, 4.69) is 10.6 Å². The number of sulfone groups is 1. The average Bonchev–Trinajstić information content (AvgIpc) is 2.97. The van der Waals surface area contributed by atoms with E-state index in [-0.39, 0.29) is 22.7 Å². The number of furan rings is 1. The van der Waals surface area contributed by atoms with Crippen LogP contribution in [0.5, 0.6) is 0 Å². The van der Waals surface area contributed by atoms with Crippen LogP contribution in [0.3, 0.4) is 0 Å². The van der Waals surface area contributed by atoms with Crippen molar-refractivity contribution in [2.45, 2.75) is 11.9 Å². The molecule has 0 fully saturated rings. The molecule has 0 aliphatic carbocycles. The molecule has 2 aromatic carbocycles. The van der Waals surface area contributed by atoms with Crippen molar-refractivity contribution in [3.63, 3.8) is 0 Å². The predicted octanol–water partition coefficient (Wildman–Crippen LogP) is 4.20. The van der Waals surface area contributed by atoms with Gasteiger partial charge in [0.05, 0.1) is 17.1 Å². The van der Waals surface area contributed by atoms with E-state index in [1.165, 1.54) is 18.2 Å². The van der Waals surface area contributed by atoms with Crippen LogP contribution in [0.4, 0.5) is 24.5 Å². The van der Waals surface area contributed by atoms with Crippen LogP contribution in [0.2, 0.25) is 0 Å². The third-order valence-electron chi connectivity index (χ3n) is 3.97. The Morgan fingerprint density at radius 1 is 1.03 bits per heavy atom. The summed E-state index contributed by atoms with van der Waals surface area (Å²) in [5, 5.41) is 5.19. The lowest BCUT2D eigenvalue weighted by Crippen LogP contribution is -2.22. The number of alkyl halides is 3. The Labute approximate surface area is 164 Å². The maximum atomic E-state index is 12.8. The van der Waals surface area contributed by atoms with E-state index in [1.54, 1.807) is 30.3 Å². The number of carbonyl (C=O) groups excluding carboxylic acids is 1. The van der Waals surface area contributed by atoms with Crippen molar-refractivity contribution in [3.05, 3.63) is 59.9 Å². The standard InChI is InChI=1S/C19H17F3N2O4S/c1-29(26,27)10-13-12-6-2-5-9-16(12)28-17(13)18(25)24-15-8-4-3-7-14(15)23-11-19(20,21)22/h2-9,23H,10-11H2,1H3,(H,24,25). The van der Waals surface area contributed by atoms with Gasteiger partial charge in [0.1, 0.15) is 12.1 Å². The minimum atomic E-state index is -4.43. The molecule has 3 aromatic rings. The van der Waals surface area contributed by atoms with Crippen LogP contribution in [-0.4, -0.2) is 33.3 Å². The molecule has 0 unspecified atom stereocenters. The van der Waals surface area contributed by atoms with Gasteiger partial charge >= 0.3 is 6.18 Å². The molecule has 0 aliphatic rings. The van der Waals surface area contributed by atoms with E-state index in [4.69, 9.17) is 4.42 Å². The molecule has 0 radical (unpaired) electrons. The number of benzene rings is 2. The summed E-state index contributed by atoms with van der Waals surface area (Å²) in [4.78, 5) is 12.8. The normalized spacial score (nSPS) is 12.1. The minimum absolute atomic E-state index is 0.0685. The molecule has 154 valence electrons. The third-order valence-corrected chi connectivity index (χ3v) is 4.78. The highest BCUT2D eigenvalue weighted by atomic mass is 32.2. The van der Waals surface area contributed by atoms with Crippen molar-refractivity contribution in [2.75, 3.05) is 23.4 Å². The number of halogens is 3. The fraction of sp³-hybridized carbons (Fsp3) is 0.211. The molecule has 2 N–H and O–H groups in total. The molecule has 0 saturated heterocycles. The molecule has 10 heteroatoms. The number of fused-ring (bicyclic) bond motifs is 1. The molecule has 0 atom stereocenters. The maximum absolute atomic E-state index is 12.8. The minimum Gasteiger partial charge on any atom is -0.451 e. The molecule has 0 bridgehead atoms. The van der Waals surface area contributed by atoms with E-state index in [0.29, 0.717) is 11.0 Å². The van der Waals surface area contributed by atoms with Gasteiger partial charge in [-0.2, -0.15) is 13.2 Å². The summed E-state index contributed by atoms with van der Waals surface area (Å²) in [7, 11) is -3.48. The molecular formula is C19H17F3N2O4S. The molecule has 3 rings (SSSR count). The Morgan fingerprint density at radius 2 is 1.66 bits per heavy atom. The van der Waals surface area contributed by atoms with E-state index in [1.807, 2.05) is 0 Å². The Kier molecular flexibility index (Phi) is 5.56. The number of amides is 1. The van der Waals surface area contributed by atoms with Gasteiger partial charge in [0.25, 0.3) is 5.91 Å². The zero-order chi connectivity index (χ0) is 21.2. The van der Waals surface area contributed by atoms with Gasteiger partial charge in [-0.05, 0) is 18.2 Å². The van der Waals surface area contributed by atoms with Gasteiger partial charge in [-0.3, -0.25) is 4.79 Å². The highest BCUT2D eigenvalue weighted by Gasteiger charge is 2.27. The van der Waals surface area contributed by atoms with Crippen LogP contribution >= 0.6 is 0 Å². The molecule has 0 spiro atoms. The second kappa shape index (κ2) is 7.78. The van der Waals surface area contributed by atoms with Crippen molar-refractivity contribution in [1.82, 2.24) is 0 Å². The summed E-state index contributed by atoms with van der Waals surface area (Å²) >= 11 is 0. The Balaban J connectivity index is 1.94. The van der Waals surface area contributed by atoms with Crippen LogP contribution in [-0.2, 0) is 15.6 Å². The van der Waals surface area contributed by atoms with Crippen molar-refractivity contribution < 1.29 is 30.8 Å². The van der Waals surface area contributed by atoms with Crippen molar-refractivity contribution in [1.29, 1.82) is 0 Å². The summed E-state index contributed by atoms with van der Waals surface area (Å²) in [5.74, 6) is -1.39. The smallest absolute Gasteiger partial charge is 0.405 e. The summed E-state index contributed by atoms with van der Waals surface area (Å²) in [6.45, 7) is -1.27. The molecule has 0 saturated carbocycles. The first kappa shape index (κ1) is 20.7. The number of nitrogens with one attached hydrogen (secondary N) is 2. The molecule has 1 aromatic heterocycles. The van der Waals surface area contributed by atoms with E-state index in [0.717, 1.165) is 6.26 Å². The summed E-state index contributed by atoms with van der Waals surface area (Å²) < 4.78 is 66.7. The lowest BCUT2D eigenvalue weighted by atomic mass is 10.1. The first-order valence-corrected chi connectivity index (χ1v) is 10.5. The number of para-hydroxylation sites is 3. The van der Waals surface area contributed by atoms with Crippen LogP contribution in [0.15, 0.2) is 52.9 Å². The molecule has 6 nitrogen and oxygen atoms in total. The number of rotatable bonds is 6. The third kappa shape index (κ3) is 5.29. The first-order valence-electron chi connectivity index (χ1n) is 8.42. The van der Waals surface area contributed by atoms with Gasteiger partial charge in [-0.15, -0.1) is 0 Å². The highest BCUT2D eigenvalue weighted by molar-refractivity contribution is 7.89. The number of hydrogen-bond acceptors (Lipinski definition) is 5. The number of hydrogen-bond donors (Lipinski definition) is 2. The van der Waals surface area contributed by atoms with Gasteiger partial charge in [0.15, 0.2) is 15.6 Å². The van der Waals surface area contributed by atoms with Gasteiger partial charge in [0.2, 0.25) is 0 Å². The molecular weight excluding hydrogens is 409 g/mol. The summed E-state index contributed by atoms with van der Waals surface area (Å²) in [5.41, 5.74) is 0.701. The van der Waals surface area contributed by atoms with Gasteiger partial charge < -0.3 is 15.1 Å². The molecule has 1 heterocycles. The van der Waals surface area contributed by atoms with Gasteiger partial charge in [0, 0.05) is 17.2 Å². The van der Waals surface area contributed by atoms with E-state index >= 15 is 0 Å². The molecule has 1 amide bonds. The average molecular weight is 426 g/mol. The predicted molar refractivity (Wildman–Crippen MR) is 104 cm³/mol. The monoisotopic (exact) mass is 426 g/mol. The molecule has 0 aliphatic heterocycles. The van der Waals surface area contributed by atoms with Crippen LogP contribution in [0.25, 0.3) is 11.0 Å². The van der Waals surface area contributed by atoms with E-state index < -0.39 is 34.2 Å². The topological polar surface area (TPSA) is 88.4 Å². The largest absolute Gasteiger partial charge is 0.451 e. The quantitative estimate of drug-likeness (QED) is 0.617. The maximum Gasteiger partial charge on any atom is 0.405 e. The lowest BCUT2D eigenvalue weighted by Gasteiger charge is -2.14. The van der Waals surface area contributed by atoms with Gasteiger partial charge in [-0.25, -0.2) is 8.42 Å². The second-order valence-corrected chi connectivity index (χ2v) is 8.58. The lowest BCUT2D eigenvalue weighted by molar-refractivity contribution is -0.115. The van der Waals surface area contributed by atoms with Crippen LogP contribution < -0.4 is 10.6 Å². The first-order chi connectivity index (χ1) is 13.5. The second-order valence-electron chi connectivity index (χ2n) is 6.44. The Morgan fingerprint density at radius 3 is 2.31 bits per heavy atom. The van der Waals surface area contributed by atoms with Gasteiger partial charge in [-0.1, -0.05) is 30.3 Å². The van der Waals surface area contributed by atoms with Crippen LogP contribution in [0, 0.1) is 0 Å². The number of anilines is 2. The number of carbonyl (C=O) groups is 1. The molecule has 29 heavy (non-hydrogen) atoms. The zero-order valence-corrected chi connectivity index (χ0v) is 16.0. The highest BCUT2D eigenvalue weighted by Crippen LogP contribution is 2.30. The Hall–Kier alpha value is -3.01. The van der Waals surface area contributed by atoms with Crippen molar-refractivity contribution >= 4 is 38.1 Å². The fourth-order valence-electron chi connectivity index (χ4n) is 2.81. The summed E-state index contributed by atoms with van der Waals surface area (Å²) in [6, 6.07) is 12.5. The summed E-state index contributed by atoms with van der Waals surface area (Å²) in [6.07, 6.45) is -3.40. The SMILES string of the molecule is CS(=O)(=O)Cc1c(C(=O)Nc2ccccc2NCC(F)(F)F)oc2ccccc12.